The fourth-order valence-electron chi connectivity index (χ4n) is 1.63. The molecule has 2 N–H and O–H groups in total. The van der Waals surface area contributed by atoms with Gasteiger partial charge < -0.3 is 10.1 Å². The van der Waals surface area contributed by atoms with Crippen LogP contribution in [0.4, 0.5) is 5.82 Å². The van der Waals surface area contributed by atoms with Crippen molar-refractivity contribution in [1.82, 2.24) is 20.4 Å². The normalized spacial score (nSPS) is 20.2. The summed E-state index contributed by atoms with van der Waals surface area (Å²) in [5.41, 5.74) is 3.05. The third-order valence-corrected chi connectivity index (χ3v) is 2.51. The SMILES string of the molecule is COc1nccc(NC(=O)C2CCN(C)N2)n1. The van der Waals surface area contributed by atoms with Gasteiger partial charge in [0.1, 0.15) is 11.9 Å². The minimum atomic E-state index is -0.207. The van der Waals surface area contributed by atoms with Gasteiger partial charge in [-0.1, -0.05) is 0 Å². The second kappa shape index (κ2) is 5.07. The molecule has 1 fully saturated rings. The molecule has 17 heavy (non-hydrogen) atoms. The van der Waals surface area contributed by atoms with Gasteiger partial charge in [-0.3, -0.25) is 4.79 Å². The molecule has 1 aliphatic rings. The largest absolute Gasteiger partial charge is 0.467 e. The number of aromatic nitrogens is 2. The van der Waals surface area contributed by atoms with Crippen LogP contribution in [0.3, 0.4) is 0 Å². The van der Waals surface area contributed by atoms with E-state index in [1.54, 1.807) is 6.07 Å². The van der Waals surface area contributed by atoms with Crippen LogP contribution in [-0.2, 0) is 4.79 Å². The van der Waals surface area contributed by atoms with Crippen LogP contribution in [-0.4, -0.2) is 47.6 Å². The number of hydrazine groups is 1. The molecule has 2 rings (SSSR count). The molecule has 1 unspecified atom stereocenters. The number of nitrogens with zero attached hydrogens (tertiary/aromatic N) is 3. The van der Waals surface area contributed by atoms with Crippen LogP contribution in [0.15, 0.2) is 12.3 Å². The Hall–Kier alpha value is -1.73. The molecule has 1 aromatic rings. The highest BCUT2D eigenvalue weighted by Gasteiger charge is 2.25. The van der Waals surface area contributed by atoms with Gasteiger partial charge in [-0.25, -0.2) is 15.4 Å². The summed E-state index contributed by atoms with van der Waals surface area (Å²) in [4.78, 5) is 19.7. The second-order valence-electron chi connectivity index (χ2n) is 3.81. The van der Waals surface area contributed by atoms with E-state index >= 15 is 0 Å². The van der Waals surface area contributed by atoms with E-state index in [9.17, 15) is 4.79 Å². The minimum absolute atomic E-state index is 0.102. The lowest BCUT2D eigenvalue weighted by molar-refractivity contribution is -0.118. The molecule has 1 atom stereocenters. The summed E-state index contributed by atoms with van der Waals surface area (Å²) in [6.07, 6.45) is 2.32. The van der Waals surface area contributed by atoms with Crippen LogP contribution < -0.4 is 15.5 Å². The molecule has 0 radical (unpaired) electrons. The Morgan fingerprint density at radius 3 is 3.18 bits per heavy atom. The Balaban J connectivity index is 1.98. The summed E-state index contributed by atoms with van der Waals surface area (Å²) >= 11 is 0. The van der Waals surface area contributed by atoms with Crippen molar-refractivity contribution in [3.8, 4) is 6.01 Å². The zero-order chi connectivity index (χ0) is 12.3. The molecule has 0 bridgehead atoms. The Morgan fingerprint density at radius 1 is 1.71 bits per heavy atom. The van der Waals surface area contributed by atoms with Crippen LogP contribution in [0.25, 0.3) is 0 Å². The maximum absolute atomic E-state index is 11.9. The van der Waals surface area contributed by atoms with Crippen molar-refractivity contribution < 1.29 is 9.53 Å². The lowest BCUT2D eigenvalue weighted by Crippen LogP contribution is -2.40. The van der Waals surface area contributed by atoms with Gasteiger partial charge in [-0.15, -0.1) is 0 Å². The highest BCUT2D eigenvalue weighted by atomic mass is 16.5. The first-order valence-corrected chi connectivity index (χ1v) is 5.34. The average molecular weight is 237 g/mol. The molecule has 0 saturated carbocycles. The van der Waals surface area contributed by atoms with Crippen LogP contribution in [0.1, 0.15) is 6.42 Å². The molecule has 7 nitrogen and oxygen atoms in total. The van der Waals surface area contributed by atoms with E-state index in [0.717, 1.165) is 13.0 Å². The summed E-state index contributed by atoms with van der Waals surface area (Å²) in [6.45, 7) is 0.852. The average Bonchev–Trinajstić information content (AvgIpc) is 2.76. The Labute approximate surface area is 99.2 Å². The zero-order valence-corrected chi connectivity index (χ0v) is 9.80. The van der Waals surface area contributed by atoms with Crippen molar-refractivity contribution in [2.45, 2.75) is 12.5 Å². The van der Waals surface area contributed by atoms with Gasteiger partial charge in [0, 0.05) is 19.8 Å². The van der Waals surface area contributed by atoms with Gasteiger partial charge in [-0.2, -0.15) is 4.98 Å². The highest BCUT2D eigenvalue weighted by molar-refractivity contribution is 5.94. The predicted octanol–water partition coefficient (Wildman–Crippen LogP) is -0.368. The molecule has 2 heterocycles. The number of hydrogen-bond acceptors (Lipinski definition) is 6. The topological polar surface area (TPSA) is 79.4 Å². The molecule has 1 aromatic heterocycles. The fraction of sp³-hybridized carbons (Fsp3) is 0.500. The summed E-state index contributed by atoms with van der Waals surface area (Å²) in [5, 5.41) is 4.61. The molecule has 7 heteroatoms. The summed E-state index contributed by atoms with van der Waals surface area (Å²) in [7, 11) is 3.38. The monoisotopic (exact) mass is 237 g/mol. The number of ether oxygens (including phenoxy) is 1. The van der Waals surface area contributed by atoms with Crippen LogP contribution in [0.2, 0.25) is 0 Å². The van der Waals surface area contributed by atoms with Gasteiger partial charge in [0.25, 0.3) is 0 Å². The van der Waals surface area contributed by atoms with Crippen LogP contribution in [0, 0.1) is 0 Å². The number of carbonyl (C=O) groups excluding carboxylic acids is 1. The van der Waals surface area contributed by atoms with Crippen molar-refractivity contribution in [1.29, 1.82) is 0 Å². The van der Waals surface area contributed by atoms with Crippen molar-refractivity contribution in [2.24, 2.45) is 0 Å². The molecule has 0 aliphatic carbocycles. The van der Waals surface area contributed by atoms with E-state index in [1.165, 1.54) is 13.3 Å². The summed E-state index contributed by atoms with van der Waals surface area (Å²) < 4.78 is 4.88. The molecule has 1 aliphatic heterocycles. The number of hydrogen-bond donors (Lipinski definition) is 2. The smallest absolute Gasteiger partial charge is 0.318 e. The first-order valence-electron chi connectivity index (χ1n) is 5.34. The third kappa shape index (κ3) is 2.89. The third-order valence-electron chi connectivity index (χ3n) is 2.51. The molecule has 0 spiro atoms. The lowest BCUT2D eigenvalue weighted by atomic mass is 10.2. The standard InChI is InChI=1S/C10H15N5O2/c1-15-6-4-7(14-15)9(16)12-8-3-5-11-10(13-8)17-2/h3,5,7,14H,4,6H2,1-2H3,(H,11,12,13,16). The van der Waals surface area contributed by atoms with E-state index in [-0.39, 0.29) is 18.0 Å². The quantitative estimate of drug-likeness (QED) is 0.747. The van der Waals surface area contributed by atoms with Crippen molar-refractivity contribution in [2.75, 3.05) is 26.0 Å². The van der Waals surface area contributed by atoms with Gasteiger partial charge in [0.15, 0.2) is 0 Å². The van der Waals surface area contributed by atoms with E-state index in [2.05, 4.69) is 20.7 Å². The van der Waals surface area contributed by atoms with Crippen molar-refractivity contribution in [3.63, 3.8) is 0 Å². The molecule has 1 saturated heterocycles. The van der Waals surface area contributed by atoms with E-state index < -0.39 is 0 Å². The van der Waals surface area contributed by atoms with E-state index in [0.29, 0.717) is 5.82 Å². The molecule has 92 valence electrons. The Kier molecular flexibility index (Phi) is 3.50. The van der Waals surface area contributed by atoms with Crippen molar-refractivity contribution in [3.05, 3.63) is 12.3 Å². The fourth-order valence-corrected chi connectivity index (χ4v) is 1.63. The van der Waals surface area contributed by atoms with E-state index in [1.807, 2.05) is 12.1 Å². The summed E-state index contributed by atoms with van der Waals surface area (Å²) in [5.74, 6) is 0.341. The van der Waals surface area contributed by atoms with Gasteiger partial charge in [0.2, 0.25) is 5.91 Å². The molecular weight excluding hydrogens is 222 g/mol. The van der Waals surface area contributed by atoms with Crippen LogP contribution in [0.5, 0.6) is 6.01 Å². The maximum Gasteiger partial charge on any atom is 0.318 e. The number of carbonyl (C=O) groups is 1. The van der Waals surface area contributed by atoms with Gasteiger partial charge in [0.05, 0.1) is 7.11 Å². The first-order chi connectivity index (χ1) is 8.19. The first kappa shape index (κ1) is 11.7. The Morgan fingerprint density at radius 2 is 2.53 bits per heavy atom. The summed E-state index contributed by atoms with van der Waals surface area (Å²) in [6, 6.07) is 1.65. The number of amides is 1. The predicted molar refractivity (Wildman–Crippen MR) is 61.4 cm³/mol. The second-order valence-corrected chi connectivity index (χ2v) is 3.81. The van der Waals surface area contributed by atoms with Crippen LogP contribution >= 0.6 is 0 Å². The Bertz CT molecular complexity index is 411. The molecule has 0 aromatic carbocycles. The van der Waals surface area contributed by atoms with Crippen molar-refractivity contribution >= 4 is 11.7 Å². The maximum atomic E-state index is 11.9. The number of nitrogens with one attached hydrogen (secondary N) is 2. The minimum Gasteiger partial charge on any atom is -0.467 e. The lowest BCUT2D eigenvalue weighted by Gasteiger charge is -2.12. The molecular formula is C10H15N5O2. The zero-order valence-electron chi connectivity index (χ0n) is 9.80. The van der Waals surface area contributed by atoms with Gasteiger partial charge in [-0.05, 0) is 12.5 Å². The molecule has 1 amide bonds. The number of methoxy groups -OCH3 is 1. The van der Waals surface area contributed by atoms with E-state index in [4.69, 9.17) is 4.74 Å². The van der Waals surface area contributed by atoms with Gasteiger partial charge >= 0.3 is 6.01 Å². The number of rotatable bonds is 3. The highest BCUT2D eigenvalue weighted by Crippen LogP contribution is 2.10. The number of anilines is 1.